The average Bonchev–Trinajstić information content (AvgIpc) is 2.12. The predicted octanol–water partition coefficient (Wildman–Crippen LogP) is -2.47. The summed E-state index contributed by atoms with van der Waals surface area (Å²) in [5.74, 6) is -0.889. The maximum atomic E-state index is 10.9. The fourth-order valence-electron chi connectivity index (χ4n) is 0.598. The number of aliphatic hydroxyl groups excluding tert-OH is 3. The number of rotatable bonds is 5. The van der Waals surface area contributed by atoms with Gasteiger partial charge in [0.2, 0.25) is 0 Å². The van der Waals surface area contributed by atoms with E-state index in [1.807, 2.05) is 0 Å². The molecule has 0 spiro atoms. The molecule has 0 saturated carbocycles. The van der Waals surface area contributed by atoms with E-state index in [9.17, 15) is 4.79 Å². The van der Waals surface area contributed by atoms with Gasteiger partial charge in [0.25, 0.3) is 0 Å². The van der Waals surface area contributed by atoms with Gasteiger partial charge in [-0.15, -0.1) is 0 Å². The summed E-state index contributed by atoms with van der Waals surface area (Å²) < 4.78 is 0. The molecule has 0 unspecified atom stereocenters. The second kappa shape index (κ2) is 5.50. The summed E-state index contributed by atoms with van der Waals surface area (Å²) in [5.41, 5.74) is 5.15. The molecule has 0 aromatic heterocycles. The molecule has 5 nitrogen and oxygen atoms in total. The van der Waals surface area contributed by atoms with Crippen LogP contribution >= 0.6 is 12.6 Å². The predicted molar refractivity (Wildman–Crippen MR) is 45.9 cm³/mol. The highest BCUT2D eigenvalue weighted by Crippen LogP contribution is 1.98. The molecular weight excluding hydrogens is 182 g/mol. The largest absolute Gasteiger partial charge is 0.395 e. The van der Waals surface area contributed by atoms with Gasteiger partial charge >= 0.3 is 0 Å². The number of thiol groups is 1. The minimum absolute atomic E-state index is 0.0754. The van der Waals surface area contributed by atoms with E-state index in [0.717, 1.165) is 0 Å². The summed E-state index contributed by atoms with van der Waals surface area (Å²) in [6.07, 6.45) is -2.86. The first-order valence-electron chi connectivity index (χ1n) is 3.41. The number of aliphatic hydroxyl groups is 3. The fourth-order valence-corrected chi connectivity index (χ4v) is 0.778. The van der Waals surface area contributed by atoms with Gasteiger partial charge in [-0.2, -0.15) is 12.6 Å². The zero-order valence-electron chi connectivity index (χ0n) is 6.42. The Kier molecular flexibility index (Phi) is 5.43. The van der Waals surface area contributed by atoms with E-state index in [1.54, 1.807) is 0 Å². The monoisotopic (exact) mass is 195 g/mol. The Balaban J connectivity index is 4.09. The van der Waals surface area contributed by atoms with E-state index in [2.05, 4.69) is 12.6 Å². The molecule has 6 heteroatoms. The Hall–Kier alpha value is -0.140. The van der Waals surface area contributed by atoms with E-state index in [1.165, 1.54) is 0 Å². The first kappa shape index (κ1) is 11.9. The highest BCUT2D eigenvalue weighted by molar-refractivity contribution is 7.80. The van der Waals surface area contributed by atoms with Gasteiger partial charge in [0.1, 0.15) is 12.2 Å². The minimum atomic E-state index is -1.53. The van der Waals surface area contributed by atoms with Crippen LogP contribution in [0.15, 0.2) is 0 Å². The number of carbonyl (C=O) groups is 1. The van der Waals surface area contributed by atoms with Crippen LogP contribution in [0.4, 0.5) is 0 Å². The summed E-state index contributed by atoms with van der Waals surface area (Å²) in [5, 5.41) is 26.4. The second-order valence-electron chi connectivity index (χ2n) is 2.39. The van der Waals surface area contributed by atoms with Gasteiger partial charge in [0.05, 0.1) is 12.6 Å². The Bertz CT molecular complexity index is 154. The number of nitrogens with two attached hydrogens (primary N) is 1. The number of hydrogen-bond donors (Lipinski definition) is 5. The van der Waals surface area contributed by atoms with Gasteiger partial charge in [-0.1, -0.05) is 0 Å². The van der Waals surface area contributed by atoms with Gasteiger partial charge in [-0.3, -0.25) is 4.79 Å². The molecule has 0 bridgehead atoms. The maximum Gasteiger partial charge on any atom is 0.192 e. The average molecular weight is 195 g/mol. The lowest BCUT2D eigenvalue weighted by atomic mass is 10.1. The SMILES string of the molecule is N[C@@H](CO)[C@@H](O)C(=O)[C@H](O)CS. The van der Waals surface area contributed by atoms with Crippen molar-refractivity contribution in [2.75, 3.05) is 12.4 Å². The van der Waals surface area contributed by atoms with Crippen molar-refractivity contribution in [3.63, 3.8) is 0 Å². The van der Waals surface area contributed by atoms with Crippen LogP contribution < -0.4 is 5.73 Å². The highest BCUT2D eigenvalue weighted by Gasteiger charge is 2.27. The van der Waals surface area contributed by atoms with Gasteiger partial charge < -0.3 is 21.1 Å². The van der Waals surface area contributed by atoms with E-state index in [4.69, 9.17) is 21.1 Å². The second-order valence-corrected chi connectivity index (χ2v) is 2.76. The highest BCUT2D eigenvalue weighted by atomic mass is 32.1. The van der Waals surface area contributed by atoms with Gasteiger partial charge in [0.15, 0.2) is 5.78 Å². The molecule has 0 rings (SSSR count). The molecule has 0 radical (unpaired) electrons. The topological polar surface area (TPSA) is 104 Å². The lowest BCUT2D eigenvalue weighted by molar-refractivity contribution is -0.136. The maximum absolute atomic E-state index is 10.9. The van der Waals surface area contributed by atoms with E-state index >= 15 is 0 Å². The summed E-state index contributed by atoms with van der Waals surface area (Å²) in [6.45, 7) is -0.508. The smallest absolute Gasteiger partial charge is 0.192 e. The van der Waals surface area contributed by atoms with Crippen molar-refractivity contribution in [2.45, 2.75) is 18.2 Å². The lowest BCUT2D eigenvalue weighted by Crippen LogP contribution is -2.47. The van der Waals surface area contributed by atoms with Crippen LogP contribution in [0.2, 0.25) is 0 Å². The molecule has 3 atom stereocenters. The summed E-state index contributed by atoms with van der Waals surface area (Å²) in [4.78, 5) is 10.9. The number of ketones is 1. The van der Waals surface area contributed by atoms with Crippen molar-refractivity contribution in [3.8, 4) is 0 Å². The third-order valence-corrected chi connectivity index (χ3v) is 1.76. The normalized spacial score (nSPS) is 18.4. The Morgan fingerprint density at radius 1 is 1.50 bits per heavy atom. The molecule has 72 valence electrons. The molecule has 0 aromatic carbocycles. The van der Waals surface area contributed by atoms with Crippen LogP contribution in [0.3, 0.4) is 0 Å². The van der Waals surface area contributed by atoms with Crippen LogP contribution in [0, 0.1) is 0 Å². The van der Waals surface area contributed by atoms with Gasteiger partial charge in [-0.25, -0.2) is 0 Å². The zero-order chi connectivity index (χ0) is 9.72. The van der Waals surface area contributed by atoms with Crippen molar-refractivity contribution in [2.24, 2.45) is 5.73 Å². The van der Waals surface area contributed by atoms with Crippen molar-refractivity contribution in [3.05, 3.63) is 0 Å². The summed E-state index contributed by atoms with van der Waals surface area (Å²) in [6, 6.07) is -1.05. The molecule has 0 amide bonds. The van der Waals surface area contributed by atoms with Gasteiger partial charge in [0, 0.05) is 5.75 Å². The third kappa shape index (κ3) is 3.08. The van der Waals surface area contributed by atoms with Crippen molar-refractivity contribution >= 4 is 18.4 Å². The van der Waals surface area contributed by atoms with Crippen molar-refractivity contribution in [1.82, 2.24) is 0 Å². The van der Waals surface area contributed by atoms with Crippen LogP contribution in [0.1, 0.15) is 0 Å². The fraction of sp³-hybridized carbons (Fsp3) is 0.833. The molecule has 0 fully saturated rings. The molecule has 5 N–H and O–H groups in total. The van der Waals surface area contributed by atoms with Crippen molar-refractivity contribution < 1.29 is 20.1 Å². The van der Waals surface area contributed by atoms with Crippen LogP contribution in [0.5, 0.6) is 0 Å². The third-order valence-electron chi connectivity index (χ3n) is 1.41. The number of carbonyl (C=O) groups excluding carboxylic acids is 1. The molecule has 0 heterocycles. The van der Waals surface area contributed by atoms with Crippen molar-refractivity contribution in [1.29, 1.82) is 0 Å². The quantitative estimate of drug-likeness (QED) is 0.313. The Morgan fingerprint density at radius 2 is 2.00 bits per heavy atom. The van der Waals surface area contributed by atoms with Crippen LogP contribution in [-0.2, 0) is 4.79 Å². The Morgan fingerprint density at radius 3 is 2.33 bits per heavy atom. The first-order chi connectivity index (χ1) is 5.54. The molecule has 12 heavy (non-hydrogen) atoms. The van der Waals surface area contributed by atoms with E-state index in [0.29, 0.717) is 0 Å². The summed E-state index contributed by atoms with van der Waals surface area (Å²) >= 11 is 3.66. The summed E-state index contributed by atoms with van der Waals surface area (Å²) in [7, 11) is 0. The van der Waals surface area contributed by atoms with Gasteiger partial charge in [-0.05, 0) is 0 Å². The molecule has 0 saturated heterocycles. The molecular formula is C6H13NO4S. The molecule has 0 aliphatic heterocycles. The standard InChI is InChI=1S/C6H13NO4S/c7-3(1-8)5(10)6(11)4(9)2-12/h3-5,8-10,12H,1-2,7H2/t3-,4+,5+/m0/s1. The number of Topliss-reactive ketones (excluding diaryl/α,β-unsaturated/α-hetero) is 1. The molecule has 0 aliphatic carbocycles. The lowest BCUT2D eigenvalue weighted by Gasteiger charge is -2.17. The van der Waals surface area contributed by atoms with E-state index in [-0.39, 0.29) is 5.75 Å². The first-order valence-corrected chi connectivity index (χ1v) is 4.05. The van der Waals surface area contributed by atoms with Crippen LogP contribution in [-0.4, -0.2) is 51.7 Å². The zero-order valence-corrected chi connectivity index (χ0v) is 7.32. The minimum Gasteiger partial charge on any atom is -0.395 e. The van der Waals surface area contributed by atoms with Crippen LogP contribution in [0.25, 0.3) is 0 Å². The molecule has 0 aliphatic rings. The Labute approximate surface area is 75.6 Å². The molecule has 0 aromatic rings. The number of hydrogen-bond acceptors (Lipinski definition) is 6. The van der Waals surface area contributed by atoms with E-state index < -0.39 is 30.6 Å².